The smallest absolute Gasteiger partial charge is 0.237 e. The number of nitrogens with one attached hydrogen (secondary N) is 2. The summed E-state index contributed by atoms with van der Waals surface area (Å²) in [6.07, 6.45) is 7.84. The molecule has 1 amide bonds. The van der Waals surface area contributed by atoms with Gasteiger partial charge in [-0.15, -0.1) is 0 Å². The molecule has 2 aromatic rings. The number of amides is 1. The normalized spacial score (nSPS) is 17.4. The lowest BCUT2D eigenvalue weighted by atomic mass is 10.0. The van der Waals surface area contributed by atoms with Crippen LogP contribution in [0.2, 0.25) is 0 Å². The average molecular weight is 341 g/mol. The highest BCUT2D eigenvalue weighted by molar-refractivity contribution is 5.78. The molecule has 1 atom stereocenters. The monoisotopic (exact) mass is 341 g/mol. The fourth-order valence-electron chi connectivity index (χ4n) is 3.05. The summed E-state index contributed by atoms with van der Waals surface area (Å²) in [5.74, 6) is 2.05. The predicted molar refractivity (Wildman–Crippen MR) is 94.3 cm³/mol. The van der Waals surface area contributed by atoms with Crippen molar-refractivity contribution in [3.8, 4) is 0 Å². The average Bonchev–Trinajstić information content (AvgIpc) is 2.62. The first-order valence-corrected chi connectivity index (χ1v) is 8.50. The van der Waals surface area contributed by atoms with E-state index in [1.807, 2.05) is 17.9 Å². The summed E-state index contributed by atoms with van der Waals surface area (Å²) >= 11 is 0. The lowest BCUT2D eigenvalue weighted by Crippen LogP contribution is -2.43. The van der Waals surface area contributed by atoms with Crippen molar-refractivity contribution in [1.29, 1.82) is 0 Å². The standard InChI is InChI=1S/C17H23N7O/c1-12-9-14(22-15-10-19-6-7-20-15)23-17(21-12)13-5-3-4-8-24(13)16(25)11-18-2/h6-7,9-10,13,18H,3-5,8,11H2,1-2H3,(H,20,21,22,23)/t13-/m0/s1. The topological polar surface area (TPSA) is 95.9 Å². The first-order chi connectivity index (χ1) is 12.2. The minimum absolute atomic E-state index is 0.0840. The van der Waals surface area contributed by atoms with Crippen molar-refractivity contribution >= 4 is 17.5 Å². The van der Waals surface area contributed by atoms with Gasteiger partial charge in [-0.1, -0.05) is 0 Å². The largest absolute Gasteiger partial charge is 0.331 e. The Morgan fingerprint density at radius 1 is 1.28 bits per heavy atom. The number of anilines is 2. The molecule has 25 heavy (non-hydrogen) atoms. The first-order valence-electron chi connectivity index (χ1n) is 8.50. The molecule has 1 aliphatic rings. The van der Waals surface area contributed by atoms with Crippen LogP contribution in [0.15, 0.2) is 24.7 Å². The zero-order valence-electron chi connectivity index (χ0n) is 14.6. The number of hydrogen-bond acceptors (Lipinski definition) is 7. The molecule has 0 unspecified atom stereocenters. The highest BCUT2D eigenvalue weighted by Gasteiger charge is 2.29. The third kappa shape index (κ3) is 4.27. The van der Waals surface area contributed by atoms with Gasteiger partial charge >= 0.3 is 0 Å². The second-order valence-corrected chi connectivity index (χ2v) is 6.10. The highest BCUT2D eigenvalue weighted by atomic mass is 16.2. The van der Waals surface area contributed by atoms with Crippen LogP contribution in [0, 0.1) is 6.92 Å². The van der Waals surface area contributed by atoms with Crippen molar-refractivity contribution in [1.82, 2.24) is 30.2 Å². The summed E-state index contributed by atoms with van der Waals surface area (Å²) in [6.45, 7) is 3.00. The Morgan fingerprint density at radius 2 is 2.16 bits per heavy atom. The molecule has 8 nitrogen and oxygen atoms in total. The van der Waals surface area contributed by atoms with Gasteiger partial charge in [-0.05, 0) is 33.2 Å². The van der Waals surface area contributed by atoms with Crippen molar-refractivity contribution in [2.75, 3.05) is 25.5 Å². The molecule has 3 heterocycles. The molecular weight excluding hydrogens is 318 g/mol. The van der Waals surface area contributed by atoms with Gasteiger partial charge in [0.05, 0.1) is 18.8 Å². The van der Waals surface area contributed by atoms with Crippen LogP contribution in [0.25, 0.3) is 0 Å². The number of aryl methyl sites for hydroxylation is 1. The zero-order valence-corrected chi connectivity index (χ0v) is 14.6. The van der Waals surface area contributed by atoms with Crippen LogP contribution >= 0.6 is 0 Å². The number of carbonyl (C=O) groups excluding carboxylic acids is 1. The molecule has 8 heteroatoms. The summed E-state index contributed by atoms with van der Waals surface area (Å²) in [5, 5.41) is 6.09. The number of aromatic nitrogens is 4. The molecule has 2 aromatic heterocycles. The number of rotatable bonds is 5. The minimum Gasteiger partial charge on any atom is -0.331 e. The Kier molecular flexibility index (Phi) is 5.49. The second-order valence-electron chi connectivity index (χ2n) is 6.10. The summed E-state index contributed by atoms with van der Waals surface area (Å²) < 4.78 is 0. The Bertz CT molecular complexity index is 722. The van der Waals surface area contributed by atoms with Crippen LogP contribution in [-0.4, -0.2) is 50.9 Å². The molecule has 3 rings (SSSR count). The van der Waals surface area contributed by atoms with E-state index >= 15 is 0 Å². The molecule has 0 radical (unpaired) electrons. The highest BCUT2D eigenvalue weighted by Crippen LogP contribution is 2.30. The van der Waals surface area contributed by atoms with Crippen LogP contribution in [-0.2, 0) is 4.79 Å². The van der Waals surface area contributed by atoms with Crippen LogP contribution in [0.1, 0.15) is 36.8 Å². The molecular formula is C17H23N7O. The zero-order chi connectivity index (χ0) is 17.6. The van der Waals surface area contributed by atoms with E-state index < -0.39 is 0 Å². The van der Waals surface area contributed by atoms with Crippen molar-refractivity contribution in [3.05, 3.63) is 36.2 Å². The van der Waals surface area contributed by atoms with Crippen LogP contribution in [0.4, 0.5) is 11.6 Å². The van der Waals surface area contributed by atoms with Gasteiger partial charge in [-0.25, -0.2) is 15.0 Å². The molecule has 0 aliphatic carbocycles. The second kappa shape index (κ2) is 7.98. The maximum Gasteiger partial charge on any atom is 0.237 e. The van der Waals surface area contributed by atoms with Gasteiger partial charge < -0.3 is 15.5 Å². The summed E-state index contributed by atoms with van der Waals surface area (Å²) in [4.78, 5) is 31.8. The van der Waals surface area contributed by atoms with Gasteiger partial charge in [0.15, 0.2) is 5.82 Å². The quantitative estimate of drug-likeness (QED) is 0.852. The molecule has 1 saturated heterocycles. The van der Waals surface area contributed by atoms with Crippen LogP contribution < -0.4 is 10.6 Å². The van der Waals surface area contributed by atoms with Gasteiger partial charge in [-0.3, -0.25) is 9.78 Å². The van der Waals surface area contributed by atoms with Crippen LogP contribution in [0.5, 0.6) is 0 Å². The van der Waals surface area contributed by atoms with Crippen molar-refractivity contribution < 1.29 is 4.79 Å². The number of nitrogens with zero attached hydrogens (tertiary/aromatic N) is 5. The maximum atomic E-state index is 12.4. The number of carbonyl (C=O) groups is 1. The number of hydrogen-bond donors (Lipinski definition) is 2. The first kappa shape index (κ1) is 17.2. The van der Waals surface area contributed by atoms with Gasteiger partial charge in [-0.2, -0.15) is 0 Å². The van der Waals surface area contributed by atoms with Crippen LogP contribution in [0.3, 0.4) is 0 Å². The fraction of sp³-hybridized carbons (Fsp3) is 0.471. The Balaban J connectivity index is 1.86. The fourth-order valence-corrected chi connectivity index (χ4v) is 3.05. The molecule has 1 fully saturated rings. The van der Waals surface area contributed by atoms with E-state index in [2.05, 4.69) is 30.6 Å². The molecule has 2 N–H and O–H groups in total. The van der Waals surface area contributed by atoms with E-state index in [0.29, 0.717) is 24.0 Å². The van der Waals surface area contributed by atoms with E-state index in [9.17, 15) is 4.79 Å². The van der Waals surface area contributed by atoms with Crippen molar-refractivity contribution in [2.45, 2.75) is 32.2 Å². The van der Waals surface area contributed by atoms with Gasteiger partial charge in [0.2, 0.25) is 5.91 Å². The Labute approximate surface area is 147 Å². The summed E-state index contributed by atoms with van der Waals surface area (Å²) in [5.41, 5.74) is 0.850. The van der Waals surface area contributed by atoms with Gasteiger partial charge in [0.1, 0.15) is 11.6 Å². The van der Waals surface area contributed by atoms with E-state index in [1.54, 1.807) is 25.6 Å². The van der Waals surface area contributed by atoms with Crippen molar-refractivity contribution in [3.63, 3.8) is 0 Å². The molecule has 0 aromatic carbocycles. The van der Waals surface area contributed by atoms with Gasteiger partial charge in [0.25, 0.3) is 0 Å². The predicted octanol–water partition coefficient (Wildman–Crippen LogP) is 1.59. The SMILES string of the molecule is CNCC(=O)N1CCCC[C@H]1c1nc(C)cc(Nc2cnccn2)n1. The number of likely N-dealkylation sites (tertiary alicyclic amines) is 1. The number of piperidine rings is 1. The molecule has 1 aliphatic heterocycles. The third-order valence-corrected chi connectivity index (χ3v) is 4.14. The van der Waals surface area contributed by atoms with E-state index in [-0.39, 0.29) is 11.9 Å². The molecule has 132 valence electrons. The van der Waals surface area contributed by atoms with E-state index in [1.165, 1.54) is 0 Å². The molecule has 0 saturated carbocycles. The lowest BCUT2D eigenvalue weighted by Gasteiger charge is -2.35. The summed E-state index contributed by atoms with van der Waals surface area (Å²) in [6, 6.07) is 1.78. The lowest BCUT2D eigenvalue weighted by molar-refractivity contribution is -0.134. The van der Waals surface area contributed by atoms with Crippen molar-refractivity contribution in [2.24, 2.45) is 0 Å². The van der Waals surface area contributed by atoms with E-state index in [4.69, 9.17) is 0 Å². The summed E-state index contributed by atoms with van der Waals surface area (Å²) in [7, 11) is 1.78. The maximum absolute atomic E-state index is 12.4. The molecule has 0 spiro atoms. The Morgan fingerprint density at radius 3 is 2.92 bits per heavy atom. The number of likely N-dealkylation sites (N-methyl/N-ethyl adjacent to an activating group) is 1. The van der Waals surface area contributed by atoms with E-state index in [0.717, 1.165) is 31.5 Å². The minimum atomic E-state index is -0.0862. The van der Waals surface area contributed by atoms with Gasteiger partial charge in [0, 0.05) is 30.7 Å². The Hall–Kier alpha value is -2.61. The molecule has 0 bridgehead atoms. The third-order valence-electron chi connectivity index (χ3n) is 4.14.